The lowest BCUT2D eigenvalue weighted by Gasteiger charge is -2.23. The van der Waals surface area contributed by atoms with Gasteiger partial charge in [-0.2, -0.15) is 0 Å². The van der Waals surface area contributed by atoms with Gasteiger partial charge in [-0.3, -0.25) is 0 Å². The molecule has 6 nitrogen and oxygen atoms in total. The van der Waals surface area contributed by atoms with E-state index in [1.807, 2.05) is 24.3 Å². The number of ether oxygens (including phenoxy) is 4. The van der Waals surface area contributed by atoms with E-state index in [0.717, 1.165) is 42.3 Å². The van der Waals surface area contributed by atoms with Gasteiger partial charge < -0.3 is 29.2 Å². The molecule has 1 aliphatic rings. The van der Waals surface area contributed by atoms with Crippen molar-refractivity contribution in [3.8, 4) is 11.5 Å². The number of fused-ring (bicyclic) bond motifs is 1. The van der Waals surface area contributed by atoms with E-state index in [4.69, 9.17) is 18.9 Å². The minimum Gasteiger partial charge on any atom is -0.487 e. The van der Waals surface area contributed by atoms with Crippen molar-refractivity contribution in [2.24, 2.45) is 0 Å². The summed E-state index contributed by atoms with van der Waals surface area (Å²) in [5.74, 6) is 1.46. The summed E-state index contributed by atoms with van der Waals surface area (Å²) in [4.78, 5) is 2.42. The van der Waals surface area contributed by atoms with Crippen LogP contribution >= 0.6 is 12.4 Å². The molecule has 1 fully saturated rings. The summed E-state index contributed by atoms with van der Waals surface area (Å²) in [6.07, 6.45) is 1.09. The lowest BCUT2D eigenvalue weighted by molar-refractivity contribution is 0.0868. The molecule has 5 rings (SSSR count). The highest BCUT2D eigenvalue weighted by atomic mass is 35.5. The van der Waals surface area contributed by atoms with Crippen LogP contribution in [0.3, 0.4) is 0 Å². The van der Waals surface area contributed by atoms with Gasteiger partial charge >= 0.3 is 0 Å². The molecule has 0 radical (unpaired) electrons. The number of benzene rings is 4. The van der Waals surface area contributed by atoms with Crippen molar-refractivity contribution >= 4 is 28.9 Å². The van der Waals surface area contributed by atoms with Gasteiger partial charge in [0, 0.05) is 44.0 Å². The predicted molar refractivity (Wildman–Crippen MR) is 169 cm³/mol. The summed E-state index contributed by atoms with van der Waals surface area (Å²) in [5, 5.41) is 6.48. The van der Waals surface area contributed by atoms with Crippen LogP contribution in [-0.4, -0.2) is 52.7 Å². The Hall–Kier alpha value is -3.29. The molecule has 218 valence electrons. The third-order valence-electron chi connectivity index (χ3n) is 7.40. The van der Waals surface area contributed by atoms with Crippen molar-refractivity contribution in [3.63, 3.8) is 0 Å². The Labute approximate surface area is 250 Å². The summed E-state index contributed by atoms with van der Waals surface area (Å²) >= 11 is 0. The number of hydrogen-bond donors (Lipinski definition) is 1. The summed E-state index contributed by atoms with van der Waals surface area (Å²) in [6.45, 7) is 6.71. The predicted octanol–water partition coefficient (Wildman–Crippen LogP) is 6.81. The molecule has 0 spiro atoms. The molecule has 0 aromatic heterocycles. The van der Waals surface area contributed by atoms with E-state index in [2.05, 4.69) is 83.9 Å². The fourth-order valence-corrected chi connectivity index (χ4v) is 5.34. The number of halogens is 1. The quantitative estimate of drug-likeness (QED) is 0.166. The van der Waals surface area contributed by atoms with Gasteiger partial charge in [0.25, 0.3) is 0 Å². The number of rotatable bonds is 14. The van der Waals surface area contributed by atoms with E-state index in [0.29, 0.717) is 39.1 Å². The van der Waals surface area contributed by atoms with Crippen molar-refractivity contribution in [2.45, 2.75) is 32.0 Å². The molecule has 0 unspecified atom stereocenters. The first kappa shape index (κ1) is 30.7. The fraction of sp³-hybridized carbons (Fsp3) is 0.353. The number of hydrogen-bond acceptors (Lipinski definition) is 6. The number of methoxy groups -OCH3 is 1. The Morgan fingerprint density at radius 2 is 1.59 bits per heavy atom. The Kier molecular flexibility index (Phi) is 11.7. The van der Waals surface area contributed by atoms with E-state index in [9.17, 15) is 0 Å². The van der Waals surface area contributed by atoms with Gasteiger partial charge in [-0.15, -0.1) is 12.4 Å². The van der Waals surface area contributed by atoms with Crippen molar-refractivity contribution in [1.29, 1.82) is 0 Å². The minimum atomic E-state index is 0. The lowest BCUT2D eigenvalue weighted by atomic mass is 9.99. The van der Waals surface area contributed by atoms with Crippen molar-refractivity contribution in [2.75, 3.05) is 51.5 Å². The SMILES string of the molecule is COCCOc1ccc(N2CC[C@H](N[C@H](C)c3cccc4ccccc34)C2)cc1OCCOCc1ccccc1.Cl. The van der Waals surface area contributed by atoms with E-state index in [1.165, 1.54) is 16.3 Å². The maximum absolute atomic E-state index is 6.16. The smallest absolute Gasteiger partial charge is 0.163 e. The first-order valence-corrected chi connectivity index (χ1v) is 14.2. The molecule has 4 aromatic carbocycles. The monoisotopic (exact) mass is 576 g/mol. The Morgan fingerprint density at radius 1 is 0.829 bits per heavy atom. The maximum Gasteiger partial charge on any atom is 0.163 e. The topological polar surface area (TPSA) is 52.2 Å². The molecule has 1 saturated heterocycles. The summed E-state index contributed by atoms with van der Waals surface area (Å²) in [5.41, 5.74) is 3.64. The summed E-state index contributed by atoms with van der Waals surface area (Å²) < 4.78 is 23.1. The van der Waals surface area contributed by atoms with Crippen LogP contribution in [0, 0.1) is 0 Å². The standard InChI is InChI=1S/C34H40N2O4.ClH/c1-26(31-14-8-12-28-11-6-7-13-32(28)31)35-29-17-18-36(24-29)30-15-16-33(39-21-19-37-2)34(23-30)40-22-20-38-25-27-9-4-3-5-10-27;/h3-16,23,26,29,35H,17-22,24-25H2,1-2H3;1H/t26-,29+;/m1./s1. The Bertz CT molecular complexity index is 1350. The number of nitrogens with zero attached hydrogens (tertiary/aromatic N) is 1. The van der Waals surface area contributed by atoms with Gasteiger partial charge in [-0.1, -0.05) is 72.8 Å². The largest absolute Gasteiger partial charge is 0.487 e. The first-order chi connectivity index (χ1) is 19.7. The molecule has 1 aliphatic heterocycles. The lowest BCUT2D eigenvalue weighted by Crippen LogP contribution is -2.34. The molecule has 0 saturated carbocycles. The van der Waals surface area contributed by atoms with Gasteiger partial charge in [-0.25, -0.2) is 0 Å². The van der Waals surface area contributed by atoms with Crippen LogP contribution in [0.2, 0.25) is 0 Å². The highest BCUT2D eigenvalue weighted by molar-refractivity contribution is 5.86. The van der Waals surface area contributed by atoms with Crippen molar-refractivity contribution < 1.29 is 18.9 Å². The maximum atomic E-state index is 6.16. The van der Waals surface area contributed by atoms with Gasteiger partial charge in [0.1, 0.15) is 13.2 Å². The second kappa shape index (κ2) is 15.6. The molecule has 2 atom stereocenters. The molecule has 0 bridgehead atoms. The van der Waals surface area contributed by atoms with Crippen LogP contribution in [0.1, 0.15) is 30.5 Å². The third kappa shape index (κ3) is 8.37. The normalized spacial score (nSPS) is 15.5. The zero-order chi connectivity index (χ0) is 27.6. The second-order valence-electron chi connectivity index (χ2n) is 10.2. The van der Waals surface area contributed by atoms with E-state index in [-0.39, 0.29) is 18.4 Å². The van der Waals surface area contributed by atoms with Crippen LogP contribution in [0.15, 0.2) is 91.0 Å². The molecular weight excluding hydrogens is 536 g/mol. The molecule has 4 aromatic rings. The molecule has 7 heteroatoms. The summed E-state index contributed by atoms with van der Waals surface area (Å²) in [6, 6.07) is 32.3. The highest BCUT2D eigenvalue weighted by Gasteiger charge is 2.25. The zero-order valence-corrected chi connectivity index (χ0v) is 24.8. The number of nitrogens with one attached hydrogen (secondary N) is 1. The van der Waals surface area contributed by atoms with E-state index >= 15 is 0 Å². The molecular formula is C34H41ClN2O4. The summed E-state index contributed by atoms with van der Waals surface area (Å²) in [7, 11) is 1.67. The average molecular weight is 577 g/mol. The van der Waals surface area contributed by atoms with Gasteiger partial charge in [0.2, 0.25) is 0 Å². The van der Waals surface area contributed by atoms with E-state index in [1.54, 1.807) is 7.11 Å². The highest BCUT2D eigenvalue weighted by Crippen LogP contribution is 2.34. The minimum absolute atomic E-state index is 0. The average Bonchev–Trinajstić information content (AvgIpc) is 3.46. The van der Waals surface area contributed by atoms with Crippen LogP contribution in [0.4, 0.5) is 5.69 Å². The van der Waals surface area contributed by atoms with Crippen molar-refractivity contribution in [1.82, 2.24) is 5.32 Å². The fourth-order valence-electron chi connectivity index (χ4n) is 5.34. The van der Waals surface area contributed by atoms with Crippen LogP contribution in [0.25, 0.3) is 10.8 Å². The molecule has 0 aliphatic carbocycles. The second-order valence-corrected chi connectivity index (χ2v) is 10.2. The molecule has 1 N–H and O–H groups in total. The van der Waals surface area contributed by atoms with Crippen LogP contribution in [-0.2, 0) is 16.1 Å². The van der Waals surface area contributed by atoms with Crippen LogP contribution in [0.5, 0.6) is 11.5 Å². The Balaban J connectivity index is 0.00000387. The number of anilines is 1. The third-order valence-corrected chi connectivity index (χ3v) is 7.40. The van der Waals surface area contributed by atoms with Gasteiger partial charge in [0.05, 0.1) is 19.8 Å². The zero-order valence-electron chi connectivity index (χ0n) is 24.0. The molecule has 41 heavy (non-hydrogen) atoms. The van der Waals surface area contributed by atoms with Crippen LogP contribution < -0.4 is 19.7 Å². The molecule has 1 heterocycles. The van der Waals surface area contributed by atoms with Gasteiger partial charge in [0.15, 0.2) is 11.5 Å². The first-order valence-electron chi connectivity index (χ1n) is 14.2. The molecule has 0 amide bonds. The Morgan fingerprint density at radius 3 is 2.44 bits per heavy atom. The van der Waals surface area contributed by atoms with Crippen molar-refractivity contribution in [3.05, 3.63) is 102 Å². The van der Waals surface area contributed by atoms with E-state index < -0.39 is 0 Å². The van der Waals surface area contributed by atoms with Gasteiger partial charge in [-0.05, 0) is 47.4 Å².